The molecule has 1 atom stereocenters. The number of ether oxygens (including phenoxy) is 1. The van der Waals surface area contributed by atoms with Gasteiger partial charge in [0.1, 0.15) is 22.8 Å². The maximum Gasteiger partial charge on any atom is 0.285 e. The molecule has 0 radical (unpaired) electrons. The minimum Gasteiger partial charge on any atom is -0.370 e. The van der Waals surface area contributed by atoms with Crippen molar-refractivity contribution < 1.29 is 13.2 Å². The first-order valence-corrected chi connectivity index (χ1v) is 9.46. The highest BCUT2D eigenvalue weighted by Crippen LogP contribution is 2.34. The molecule has 0 spiro atoms. The monoisotopic (exact) mass is 470 g/mol. The van der Waals surface area contributed by atoms with Gasteiger partial charge in [-0.2, -0.15) is 5.10 Å². The first-order valence-electron chi connectivity index (χ1n) is 9.79. The van der Waals surface area contributed by atoms with E-state index in [1.165, 1.54) is 24.4 Å². The van der Waals surface area contributed by atoms with Crippen molar-refractivity contribution in [3.63, 3.8) is 0 Å². The number of nitrogens with zero attached hydrogens (tertiary/aromatic N) is 4. The van der Waals surface area contributed by atoms with E-state index in [4.69, 9.17) is 20.5 Å². The minimum absolute atomic E-state index is 0.0362. The van der Waals surface area contributed by atoms with Gasteiger partial charge in [0.15, 0.2) is 0 Å². The first-order chi connectivity index (χ1) is 14.6. The fourth-order valence-corrected chi connectivity index (χ4v) is 4.06. The van der Waals surface area contributed by atoms with Gasteiger partial charge in [0.2, 0.25) is 0 Å². The molecule has 0 amide bonds. The van der Waals surface area contributed by atoms with Crippen LogP contribution in [0.15, 0.2) is 39.9 Å². The molecule has 1 aliphatic rings. The zero-order valence-corrected chi connectivity index (χ0v) is 16.7. The van der Waals surface area contributed by atoms with Crippen LogP contribution in [0.2, 0.25) is 5.02 Å². The molecule has 1 aromatic carbocycles. The second-order valence-corrected chi connectivity index (χ2v) is 7.47. The maximum absolute atomic E-state index is 13.6. The topological polar surface area (TPSA) is 76.0 Å². The zero-order chi connectivity index (χ0) is 22.3. The largest absolute Gasteiger partial charge is 0.370 e. The zero-order valence-electron chi connectivity index (χ0n) is 17.3. The number of hydrogen-bond acceptors (Lipinski definition) is 5. The number of rotatable bonds is 4. The smallest absolute Gasteiger partial charge is 0.285 e. The van der Waals surface area contributed by atoms with Gasteiger partial charge < -0.3 is 14.2 Å². The van der Waals surface area contributed by atoms with Crippen molar-refractivity contribution in [1.82, 2.24) is 19.7 Å². The van der Waals surface area contributed by atoms with Gasteiger partial charge in [0.25, 0.3) is 5.56 Å². The average Bonchev–Trinajstić information content (AvgIpc) is 3.11. The van der Waals surface area contributed by atoms with Crippen molar-refractivity contribution >= 4 is 33.2 Å². The molecule has 146 valence electrons. The Morgan fingerprint density at radius 2 is 2.29 bits per heavy atom. The van der Waals surface area contributed by atoms with Gasteiger partial charge in [0.05, 0.1) is 34.4 Å². The highest BCUT2D eigenvalue weighted by molar-refractivity contribution is 9.10. The quantitative estimate of drug-likeness (QED) is 0.632. The third kappa shape index (κ3) is 3.34. The van der Waals surface area contributed by atoms with E-state index in [2.05, 4.69) is 31.1 Å². The van der Waals surface area contributed by atoms with Gasteiger partial charge in [-0.3, -0.25) is 4.79 Å². The third-order valence-corrected chi connectivity index (χ3v) is 5.70. The van der Waals surface area contributed by atoms with Gasteiger partial charge in [-0.1, -0.05) is 33.6 Å². The molecule has 1 unspecified atom stereocenters. The molecule has 0 bridgehead atoms. The lowest BCUT2D eigenvalue weighted by atomic mass is 10.1. The van der Waals surface area contributed by atoms with Crippen LogP contribution in [-0.4, -0.2) is 33.3 Å². The summed E-state index contributed by atoms with van der Waals surface area (Å²) in [7, 11) is -2.69. The number of imidazole rings is 1. The van der Waals surface area contributed by atoms with Crippen LogP contribution in [0.5, 0.6) is 0 Å². The van der Waals surface area contributed by atoms with E-state index in [1.54, 1.807) is 6.20 Å². The van der Waals surface area contributed by atoms with Crippen LogP contribution >= 0.6 is 27.5 Å². The van der Waals surface area contributed by atoms with E-state index < -0.39 is 24.5 Å². The number of anilines is 1. The summed E-state index contributed by atoms with van der Waals surface area (Å²) in [6.45, 7) is 1.25. The Hall–Kier alpha value is -2.23. The van der Waals surface area contributed by atoms with Crippen molar-refractivity contribution in [2.24, 2.45) is 0 Å². The van der Waals surface area contributed by atoms with Crippen molar-refractivity contribution in [3.05, 3.63) is 73.3 Å². The third-order valence-electron chi connectivity index (χ3n) is 4.64. The predicted octanol–water partition coefficient (Wildman–Crippen LogP) is 3.28. The highest BCUT2D eigenvalue weighted by atomic mass is 79.9. The summed E-state index contributed by atoms with van der Waals surface area (Å²) in [4.78, 5) is 18.1. The number of nitrogens with one attached hydrogen (secondary N) is 1. The highest BCUT2D eigenvalue weighted by Gasteiger charge is 2.27. The predicted molar refractivity (Wildman–Crippen MR) is 106 cm³/mol. The Kier molecular flexibility index (Phi) is 4.28. The molecule has 1 aliphatic heterocycles. The fraction of sp³-hybridized carbons (Fsp3) is 0.278. The summed E-state index contributed by atoms with van der Waals surface area (Å²) in [6.07, 6.45) is 2.02. The number of benzene rings is 1. The molecule has 0 aliphatic carbocycles. The summed E-state index contributed by atoms with van der Waals surface area (Å²) in [5.74, 6) is 0.174. The molecule has 10 heteroatoms. The van der Waals surface area contributed by atoms with Crippen LogP contribution in [0.25, 0.3) is 0 Å². The first kappa shape index (κ1) is 15.7. The second kappa shape index (κ2) is 7.65. The Morgan fingerprint density at radius 1 is 1.43 bits per heavy atom. The molecule has 0 fully saturated rings. The van der Waals surface area contributed by atoms with E-state index in [-0.39, 0.29) is 5.02 Å². The Morgan fingerprint density at radius 3 is 3.07 bits per heavy atom. The van der Waals surface area contributed by atoms with Crippen LogP contribution in [0.3, 0.4) is 0 Å². The van der Waals surface area contributed by atoms with Crippen LogP contribution in [0.4, 0.5) is 10.1 Å². The lowest BCUT2D eigenvalue weighted by molar-refractivity contribution is 0.128. The minimum atomic E-state index is -2.69. The molecule has 0 saturated heterocycles. The van der Waals surface area contributed by atoms with Gasteiger partial charge in [0, 0.05) is 30.2 Å². The molecular formula is C18H16BrClFN5O2. The van der Waals surface area contributed by atoms with E-state index >= 15 is 0 Å². The van der Waals surface area contributed by atoms with Crippen molar-refractivity contribution in [1.29, 1.82) is 0 Å². The van der Waals surface area contributed by atoms with Gasteiger partial charge in [-0.05, 0) is 12.1 Å². The molecule has 2 aromatic heterocycles. The Labute approximate surface area is 177 Å². The Balaban J connectivity index is 1.71. The molecule has 7 nitrogen and oxygen atoms in total. The van der Waals surface area contributed by atoms with Crippen molar-refractivity contribution in [2.45, 2.75) is 19.2 Å². The summed E-state index contributed by atoms with van der Waals surface area (Å²) >= 11 is 9.42. The number of halogens is 3. The average molecular weight is 472 g/mol. The summed E-state index contributed by atoms with van der Waals surface area (Å²) in [5.41, 5.74) is 0.983. The van der Waals surface area contributed by atoms with Crippen molar-refractivity contribution in [2.75, 3.05) is 18.5 Å². The number of aromatic nitrogens is 4. The van der Waals surface area contributed by atoms with E-state index in [1.807, 2.05) is 9.47 Å². The normalized spacial score (nSPS) is 16.8. The summed E-state index contributed by atoms with van der Waals surface area (Å²) in [6, 6.07) is 3.97. The van der Waals surface area contributed by atoms with Gasteiger partial charge in [-0.25, -0.2) is 14.5 Å². The maximum atomic E-state index is 13.6. The van der Waals surface area contributed by atoms with Gasteiger partial charge in [-0.15, -0.1) is 0 Å². The van der Waals surface area contributed by atoms with E-state index in [0.29, 0.717) is 46.9 Å². The molecule has 3 aromatic rings. The fourth-order valence-electron chi connectivity index (χ4n) is 3.29. The van der Waals surface area contributed by atoms with E-state index in [9.17, 15) is 9.18 Å². The lowest BCUT2D eigenvalue weighted by Gasteiger charge is -2.31. The van der Waals surface area contributed by atoms with Gasteiger partial charge >= 0.3 is 0 Å². The molecule has 28 heavy (non-hydrogen) atoms. The number of fused-ring (bicyclic) bond motifs is 1. The summed E-state index contributed by atoms with van der Waals surface area (Å²) < 4.78 is 44.0. The number of hydrogen-bond donors (Lipinski definition) is 1. The SMILES string of the molecule is [2H]C([2H])([2H])OC(c1ccc(F)cc1Br)c1cnc2n1CCN(c1cn[nH]c(=O)c1Cl)C2. The number of H-pyrrole nitrogens is 1. The van der Waals surface area contributed by atoms with Crippen LogP contribution in [-0.2, 0) is 17.8 Å². The molecule has 3 heterocycles. The standard InChI is InChI=1S/C18H16BrClFN5O2/c1-28-17(11-3-2-10(21)6-12(11)19)14-7-22-15-9-25(4-5-26(14)15)13-8-23-24-18(27)16(13)20/h2-3,6-8,17H,4-5,9H2,1H3,(H,24,27)/i1D3. The van der Waals surface area contributed by atoms with Crippen LogP contribution < -0.4 is 10.5 Å². The molecule has 1 N–H and O–H groups in total. The number of aromatic amines is 1. The van der Waals surface area contributed by atoms with Crippen molar-refractivity contribution in [3.8, 4) is 0 Å². The van der Waals surface area contributed by atoms with E-state index in [0.717, 1.165) is 0 Å². The second-order valence-electron chi connectivity index (χ2n) is 6.23. The Bertz CT molecular complexity index is 1190. The number of methoxy groups -OCH3 is 1. The summed E-state index contributed by atoms with van der Waals surface area (Å²) in [5, 5.41) is 6.11. The van der Waals surface area contributed by atoms with Crippen LogP contribution in [0, 0.1) is 5.82 Å². The lowest BCUT2D eigenvalue weighted by Crippen LogP contribution is -2.35. The molecule has 0 saturated carbocycles. The molecular weight excluding hydrogens is 453 g/mol. The molecule has 4 rings (SSSR count). The van der Waals surface area contributed by atoms with Crippen LogP contribution in [0.1, 0.15) is 27.3 Å².